The van der Waals surface area contributed by atoms with Crippen molar-refractivity contribution in [2.75, 3.05) is 13.1 Å². The van der Waals surface area contributed by atoms with E-state index in [9.17, 15) is 4.79 Å². The van der Waals surface area contributed by atoms with Gasteiger partial charge in [0, 0.05) is 13.1 Å². The molecule has 4 heteroatoms. The number of carbonyl (C=O) groups excluding carboxylic acids is 1. The molecule has 3 rings (SSSR count). The highest BCUT2D eigenvalue weighted by molar-refractivity contribution is 5.81. The van der Waals surface area contributed by atoms with Gasteiger partial charge in [-0.3, -0.25) is 9.69 Å². The summed E-state index contributed by atoms with van der Waals surface area (Å²) in [4.78, 5) is 15.0. The number of hydrogen-bond acceptors (Lipinski definition) is 3. The van der Waals surface area contributed by atoms with E-state index in [0.717, 1.165) is 17.9 Å². The molecule has 0 aliphatic carbocycles. The maximum Gasteiger partial charge on any atom is 0.261 e. The fourth-order valence-corrected chi connectivity index (χ4v) is 3.37. The minimum atomic E-state index is -0.470. The van der Waals surface area contributed by atoms with E-state index in [0.29, 0.717) is 13.0 Å². The molecule has 1 amide bonds. The van der Waals surface area contributed by atoms with E-state index in [1.54, 1.807) is 0 Å². The van der Waals surface area contributed by atoms with Crippen molar-refractivity contribution in [1.29, 1.82) is 0 Å². The minimum absolute atomic E-state index is 0.0702. The quantitative estimate of drug-likeness (QED) is 0.766. The second-order valence-electron chi connectivity index (χ2n) is 7.35. The topological polar surface area (TPSA) is 41.6 Å². The smallest absolute Gasteiger partial charge is 0.261 e. The summed E-state index contributed by atoms with van der Waals surface area (Å²) in [6.45, 7) is 7.95. The van der Waals surface area contributed by atoms with Gasteiger partial charge in [-0.1, -0.05) is 48.9 Å². The molecule has 1 aliphatic rings. The predicted molar refractivity (Wildman–Crippen MR) is 109 cm³/mol. The van der Waals surface area contributed by atoms with E-state index in [4.69, 9.17) is 4.74 Å². The first-order chi connectivity index (χ1) is 13.1. The third kappa shape index (κ3) is 5.83. The average Bonchev–Trinajstić information content (AvgIpc) is 3.20. The maximum atomic E-state index is 12.5. The zero-order valence-electron chi connectivity index (χ0n) is 16.4. The van der Waals surface area contributed by atoms with E-state index in [1.807, 2.05) is 38.1 Å². The molecule has 1 atom stereocenters. The summed E-state index contributed by atoms with van der Waals surface area (Å²) in [6.07, 6.45) is 2.79. The van der Waals surface area contributed by atoms with Crippen LogP contribution in [0.1, 0.15) is 42.9 Å². The molecule has 1 saturated heterocycles. The molecule has 1 N–H and O–H groups in total. The maximum absolute atomic E-state index is 12.5. The number of likely N-dealkylation sites (tertiary alicyclic amines) is 1. The number of rotatable bonds is 8. The normalized spacial score (nSPS) is 15.5. The lowest BCUT2D eigenvalue weighted by atomic mass is 10.1. The first-order valence-corrected chi connectivity index (χ1v) is 9.95. The molecule has 1 heterocycles. The van der Waals surface area contributed by atoms with E-state index in [-0.39, 0.29) is 5.91 Å². The lowest BCUT2D eigenvalue weighted by Gasteiger charge is -2.18. The Morgan fingerprint density at radius 1 is 1.04 bits per heavy atom. The largest absolute Gasteiger partial charge is 0.481 e. The lowest BCUT2D eigenvalue weighted by Crippen LogP contribution is -2.37. The van der Waals surface area contributed by atoms with Gasteiger partial charge in [-0.05, 0) is 62.5 Å². The zero-order valence-corrected chi connectivity index (χ0v) is 16.4. The third-order valence-electron chi connectivity index (χ3n) is 5.06. The summed E-state index contributed by atoms with van der Waals surface area (Å²) in [5.74, 6) is 0.660. The van der Waals surface area contributed by atoms with Gasteiger partial charge in [0.1, 0.15) is 5.75 Å². The molecular weight excluding hydrogens is 336 g/mol. The van der Waals surface area contributed by atoms with E-state index < -0.39 is 6.10 Å². The molecule has 2 aromatic carbocycles. The first kappa shape index (κ1) is 19.4. The Hall–Kier alpha value is -2.33. The van der Waals surface area contributed by atoms with Gasteiger partial charge in [0.25, 0.3) is 5.91 Å². The van der Waals surface area contributed by atoms with Crippen molar-refractivity contribution in [3.8, 4) is 5.75 Å². The molecule has 2 aromatic rings. The molecule has 0 spiro atoms. The number of carbonyl (C=O) groups is 1. The van der Waals surface area contributed by atoms with E-state index in [1.165, 1.54) is 37.1 Å². The number of hydrogen-bond donors (Lipinski definition) is 1. The van der Waals surface area contributed by atoms with Crippen LogP contribution in [0.2, 0.25) is 0 Å². The van der Waals surface area contributed by atoms with Crippen LogP contribution < -0.4 is 10.1 Å². The van der Waals surface area contributed by atoms with Crippen molar-refractivity contribution in [3.05, 3.63) is 65.2 Å². The van der Waals surface area contributed by atoms with Crippen LogP contribution >= 0.6 is 0 Å². The van der Waals surface area contributed by atoms with E-state index in [2.05, 4.69) is 34.5 Å². The van der Waals surface area contributed by atoms with Crippen LogP contribution in [-0.4, -0.2) is 30.0 Å². The van der Waals surface area contributed by atoms with Crippen molar-refractivity contribution >= 4 is 5.91 Å². The number of aryl methyl sites for hydroxylation is 1. The number of amides is 1. The van der Waals surface area contributed by atoms with Gasteiger partial charge in [-0.15, -0.1) is 0 Å². The fourth-order valence-electron chi connectivity index (χ4n) is 3.37. The number of ether oxygens (including phenoxy) is 1. The summed E-state index contributed by atoms with van der Waals surface area (Å²) in [6, 6.07) is 16.3. The summed E-state index contributed by atoms with van der Waals surface area (Å²) in [5, 5.41) is 3.00. The highest BCUT2D eigenvalue weighted by Gasteiger charge is 2.18. The molecule has 144 valence electrons. The Morgan fingerprint density at radius 3 is 2.30 bits per heavy atom. The standard InChI is InChI=1S/C23H30N2O2/c1-3-22(27-21-12-6-18(2)7-13-21)23(26)24-16-19-8-10-20(11-9-19)17-25-14-4-5-15-25/h6-13,22H,3-5,14-17H2,1-2H3,(H,24,26)/t22-/m0/s1. The molecule has 27 heavy (non-hydrogen) atoms. The van der Waals surface area contributed by atoms with Crippen molar-refractivity contribution in [2.45, 2.75) is 52.3 Å². The molecule has 1 aliphatic heterocycles. The van der Waals surface area contributed by atoms with Gasteiger partial charge >= 0.3 is 0 Å². The van der Waals surface area contributed by atoms with Gasteiger partial charge in [0.15, 0.2) is 6.10 Å². The van der Waals surface area contributed by atoms with Gasteiger partial charge in [-0.25, -0.2) is 0 Å². The lowest BCUT2D eigenvalue weighted by molar-refractivity contribution is -0.128. The second-order valence-corrected chi connectivity index (χ2v) is 7.35. The Balaban J connectivity index is 1.48. The number of benzene rings is 2. The second kappa shape index (κ2) is 9.56. The van der Waals surface area contributed by atoms with Crippen molar-refractivity contribution in [1.82, 2.24) is 10.2 Å². The SMILES string of the molecule is CC[C@H](Oc1ccc(C)cc1)C(=O)NCc1ccc(CN2CCCC2)cc1. The van der Waals surface area contributed by atoms with Gasteiger partial charge < -0.3 is 10.1 Å². The van der Waals surface area contributed by atoms with Gasteiger partial charge in [0.05, 0.1) is 0 Å². The number of nitrogens with one attached hydrogen (secondary N) is 1. The Labute approximate surface area is 162 Å². The number of nitrogens with zero attached hydrogens (tertiary/aromatic N) is 1. The summed E-state index contributed by atoms with van der Waals surface area (Å²) in [5.41, 5.74) is 3.62. The van der Waals surface area contributed by atoms with Crippen LogP contribution in [0.5, 0.6) is 5.75 Å². The molecule has 0 bridgehead atoms. The highest BCUT2D eigenvalue weighted by atomic mass is 16.5. The summed E-state index contributed by atoms with van der Waals surface area (Å²) < 4.78 is 5.84. The van der Waals surface area contributed by atoms with Crippen LogP contribution in [0, 0.1) is 6.92 Å². The molecule has 0 saturated carbocycles. The first-order valence-electron chi connectivity index (χ1n) is 9.95. The van der Waals surface area contributed by atoms with Crippen LogP contribution in [0.15, 0.2) is 48.5 Å². The summed E-state index contributed by atoms with van der Waals surface area (Å²) >= 11 is 0. The van der Waals surface area contributed by atoms with Crippen LogP contribution in [0.4, 0.5) is 0 Å². The van der Waals surface area contributed by atoms with Crippen LogP contribution in [0.3, 0.4) is 0 Å². The predicted octanol–water partition coefficient (Wildman–Crippen LogP) is 4.06. The minimum Gasteiger partial charge on any atom is -0.481 e. The zero-order chi connectivity index (χ0) is 19.1. The van der Waals surface area contributed by atoms with Gasteiger partial charge in [-0.2, -0.15) is 0 Å². The van der Waals surface area contributed by atoms with Crippen molar-refractivity contribution < 1.29 is 9.53 Å². The molecule has 0 unspecified atom stereocenters. The Bertz CT molecular complexity index is 719. The molecule has 0 aromatic heterocycles. The highest BCUT2D eigenvalue weighted by Crippen LogP contribution is 2.15. The third-order valence-corrected chi connectivity index (χ3v) is 5.06. The Kier molecular flexibility index (Phi) is 6.88. The average molecular weight is 367 g/mol. The van der Waals surface area contributed by atoms with Crippen molar-refractivity contribution in [3.63, 3.8) is 0 Å². The van der Waals surface area contributed by atoms with Crippen LogP contribution in [0.25, 0.3) is 0 Å². The fraction of sp³-hybridized carbons (Fsp3) is 0.435. The van der Waals surface area contributed by atoms with Crippen molar-refractivity contribution in [2.24, 2.45) is 0 Å². The molecule has 0 radical (unpaired) electrons. The van der Waals surface area contributed by atoms with Gasteiger partial charge in [0.2, 0.25) is 0 Å². The molecule has 1 fully saturated rings. The summed E-state index contributed by atoms with van der Waals surface area (Å²) in [7, 11) is 0. The molecular formula is C23H30N2O2. The van der Waals surface area contributed by atoms with Crippen LogP contribution in [-0.2, 0) is 17.9 Å². The molecule has 4 nitrogen and oxygen atoms in total. The monoisotopic (exact) mass is 366 g/mol. The Morgan fingerprint density at radius 2 is 1.67 bits per heavy atom. The van der Waals surface area contributed by atoms with E-state index >= 15 is 0 Å².